The van der Waals surface area contributed by atoms with Crippen LogP contribution in [0.1, 0.15) is 18.4 Å². The topological polar surface area (TPSA) is 74.8 Å². The van der Waals surface area contributed by atoms with Crippen LogP contribution in [0, 0.1) is 11.3 Å². The molecule has 4 nitrogen and oxygen atoms in total. The van der Waals surface area contributed by atoms with Crippen LogP contribution < -0.4 is 11.1 Å². The number of nitrogens with zero attached hydrogens (tertiary/aromatic N) is 1. The van der Waals surface area contributed by atoms with E-state index >= 15 is 0 Å². The standard InChI is InChI=1S/C11H16N4/c12-10(8-3-6-14-7-4-8)9-2-1-5-15-11(9)13/h1-2,5,8,12,14H,3-4,6-7H2,(H2,13,15). The molecular weight excluding hydrogens is 188 g/mol. The van der Waals surface area contributed by atoms with Crippen molar-refractivity contribution in [2.75, 3.05) is 18.8 Å². The molecule has 0 unspecified atom stereocenters. The van der Waals surface area contributed by atoms with Crippen molar-refractivity contribution in [3.05, 3.63) is 23.9 Å². The van der Waals surface area contributed by atoms with E-state index in [-0.39, 0.29) is 0 Å². The Morgan fingerprint density at radius 3 is 2.87 bits per heavy atom. The van der Waals surface area contributed by atoms with Gasteiger partial charge in [0.2, 0.25) is 0 Å². The SMILES string of the molecule is N=C(c1cccnc1N)C1CCNCC1. The molecule has 4 heteroatoms. The van der Waals surface area contributed by atoms with E-state index in [4.69, 9.17) is 11.1 Å². The van der Waals surface area contributed by atoms with E-state index in [1.54, 1.807) is 6.20 Å². The fourth-order valence-electron chi connectivity index (χ4n) is 1.98. The molecule has 15 heavy (non-hydrogen) atoms. The van der Waals surface area contributed by atoms with Gasteiger partial charge in [-0.05, 0) is 38.1 Å². The molecule has 1 aromatic heterocycles. The van der Waals surface area contributed by atoms with Crippen LogP contribution in [0.4, 0.5) is 5.82 Å². The van der Waals surface area contributed by atoms with E-state index in [1.807, 2.05) is 12.1 Å². The van der Waals surface area contributed by atoms with Crippen LogP contribution in [-0.2, 0) is 0 Å². The lowest BCUT2D eigenvalue weighted by atomic mass is 9.89. The molecule has 0 saturated carbocycles. The highest BCUT2D eigenvalue weighted by Gasteiger charge is 2.20. The zero-order valence-corrected chi connectivity index (χ0v) is 8.66. The molecule has 0 aliphatic carbocycles. The van der Waals surface area contributed by atoms with Crippen molar-refractivity contribution >= 4 is 11.5 Å². The summed E-state index contributed by atoms with van der Waals surface area (Å²) in [5.41, 5.74) is 7.20. The Hall–Kier alpha value is -1.42. The summed E-state index contributed by atoms with van der Waals surface area (Å²) in [5, 5.41) is 11.4. The molecule has 0 radical (unpaired) electrons. The summed E-state index contributed by atoms with van der Waals surface area (Å²) in [6.07, 6.45) is 3.70. The second-order valence-corrected chi connectivity index (χ2v) is 3.87. The third-order valence-electron chi connectivity index (χ3n) is 2.88. The number of anilines is 1. The lowest BCUT2D eigenvalue weighted by Crippen LogP contribution is -2.32. The predicted molar refractivity (Wildman–Crippen MR) is 61.1 cm³/mol. The van der Waals surface area contributed by atoms with Crippen molar-refractivity contribution in [3.8, 4) is 0 Å². The van der Waals surface area contributed by atoms with Crippen LogP contribution >= 0.6 is 0 Å². The number of nitrogens with one attached hydrogen (secondary N) is 2. The van der Waals surface area contributed by atoms with Gasteiger partial charge < -0.3 is 16.5 Å². The first-order valence-electron chi connectivity index (χ1n) is 5.29. The van der Waals surface area contributed by atoms with Crippen LogP contribution in [0.3, 0.4) is 0 Å². The number of aromatic nitrogens is 1. The van der Waals surface area contributed by atoms with E-state index in [0.29, 0.717) is 17.4 Å². The molecule has 2 heterocycles. The van der Waals surface area contributed by atoms with E-state index in [0.717, 1.165) is 31.5 Å². The highest BCUT2D eigenvalue weighted by atomic mass is 14.9. The van der Waals surface area contributed by atoms with Gasteiger partial charge in [0.15, 0.2) is 0 Å². The van der Waals surface area contributed by atoms with Gasteiger partial charge in [0.25, 0.3) is 0 Å². The number of rotatable bonds is 2. The largest absolute Gasteiger partial charge is 0.383 e. The third kappa shape index (κ3) is 2.15. The van der Waals surface area contributed by atoms with Gasteiger partial charge in [-0.3, -0.25) is 0 Å². The normalized spacial score (nSPS) is 17.6. The maximum atomic E-state index is 8.12. The zero-order chi connectivity index (χ0) is 10.7. The molecule has 1 aliphatic rings. The second kappa shape index (κ2) is 4.40. The molecule has 80 valence electrons. The van der Waals surface area contributed by atoms with Crippen LogP contribution in [0.15, 0.2) is 18.3 Å². The van der Waals surface area contributed by atoms with E-state index < -0.39 is 0 Å². The summed E-state index contributed by atoms with van der Waals surface area (Å²) in [7, 11) is 0. The first-order chi connectivity index (χ1) is 7.29. The molecule has 0 spiro atoms. The van der Waals surface area contributed by atoms with Crippen LogP contribution in [0.5, 0.6) is 0 Å². The molecule has 0 bridgehead atoms. The molecule has 0 aromatic carbocycles. The first kappa shape index (κ1) is 10.1. The second-order valence-electron chi connectivity index (χ2n) is 3.87. The molecule has 2 rings (SSSR count). The van der Waals surface area contributed by atoms with Gasteiger partial charge in [-0.25, -0.2) is 4.98 Å². The van der Waals surface area contributed by atoms with Crippen molar-refractivity contribution in [1.82, 2.24) is 10.3 Å². The first-order valence-corrected chi connectivity index (χ1v) is 5.29. The van der Waals surface area contributed by atoms with E-state index in [9.17, 15) is 0 Å². The van der Waals surface area contributed by atoms with Gasteiger partial charge in [0, 0.05) is 23.4 Å². The fourth-order valence-corrected chi connectivity index (χ4v) is 1.98. The van der Waals surface area contributed by atoms with Crippen molar-refractivity contribution in [1.29, 1.82) is 5.41 Å². The fraction of sp³-hybridized carbons (Fsp3) is 0.455. The van der Waals surface area contributed by atoms with Gasteiger partial charge >= 0.3 is 0 Å². The summed E-state index contributed by atoms with van der Waals surface area (Å²) in [4.78, 5) is 4.02. The quantitative estimate of drug-likeness (QED) is 0.630. The third-order valence-corrected chi connectivity index (χ3v) is 2.88. The van der Waals surface area contributed by atoms with Gasteiger partial charge in [-0.15, -0.1) is 0 Å². The Morgan fingerprint density at radius 2 is 2.20 bits per heavy atom. The van der Waals surface area contributed by atoms with Crippen molar-refractivity contribution in [3.63, 3.8) is 0 Å². The van der Waals surface area contributed by atoms with Gasteiger partial charge in [-0.1, -0.05) is 0 Å². The molecular formula is C11H16N4. The maximum absolute atomic E-state index is 8.12. The average Bonchev–Trinajstić information content (AvgIpc) is 2.30. The van der Waals surface area contributed by atoms with Crippen LogP contribution in [0.2, 0.25) is 0 Å². The van der Waals surface area contributed by atoms with Gasteiger partial charge in [0.05, 0.1) is 0 Å². The molecule has 1 aliphatic heterocycles. The maximum Gasteiger partial charge on any atom is 0.132 e. The lowest BCUT2D eigenvalue weighted by Gasteiger charge is -2.23. The van der Waals surface area contributed by atoms with Crippen LogP contribution in [0.25, 0.3) is 0 Å². The van der Waals surface area contributed by atoms with Crippen LogP contribution in [-0.4, -0.2) is 23.8 Å². The molecule has 1 fully saturated rings. The molecule has 1 saturated heterocycles. The lowest BCUT2D eigenvalue weighted by molar-refractivity contribution is 0.456. The smallest absolute Gasteiger partial charge is 0.132 e. The minimum absolute atomic E-state index is 0.331. The number of nitrogen functional groups attached to an aromatic ring is 1. The number of pyridine rings is 1. The summed E-state index contributed by atoms with van der Waals surface area (Å²) in [6, 6.07) is 3.72. The summed E-state index contributed by atoms with van der Waals surface area (Å²) in [5.74, 6) is 0.804. The van der Waals surface area contributed by atoms with Crippen molar-refractivity contribution in [2.45, 2.75) is 12.8 Å². The van der Waals surface area contributed by atoms with Crippen molar-refractivity contribution in [2.24, 2.45) is 5.92 Å². The number of piperidine rings is 1. The zero-order valence-electron chi connectivity index (χ0n) is 8.66. The predicted octanol–water partition coefficient (Wildman–Crippen LogP) is 1.03. The molecule has 1 aromatic rings. The van der Waals surface area contributed by atoms with Gasteiger partial charge in [-0.2, -0.15) is 0 Å². The molecule has 0 atom stereocenters. The van der Waals surface area contributed by atoms with E-state index in [2.05, 4.69) is 10.3 Å². The van der Waals surface area contributed by atoms with Gasteiger partial charge in [0.1, 0.15) is 5.82 Å². The monoisotopic (exact) mass is 204 g/mol. The average molecular weight is 204 g/mol. The Bertz CT molecular complexity index is 355. The number of hydrogen-bond acceptors (Lipinski definition) is 4. The minimum Gasteiger partial charge on any atom is -0.383 e. The Labute approximate surface area is 89.4 Å². The number of nitrogens with two attached hydrogens (primary N) is 1. The minimum atomic E-state index is 0.331. The summed E-state index contributed by atoms with van der Waals surface area (Å²) in [6.45, 7) is 1.99. The summed E-state index contributed by atoms with van der Waals surface area (Å²) >= 11 is 0. The van der Waals surface area contributed by atoms with E-state index in [1.165, 1.54) is 0 Å². The Balaban J connectivity index is 2.16. The van der Waals surface area contributed by atoms with Crippen molar-refractivity contribution < 1.29 is 0 Å². The highest BCUT2D eigenvalue weighted by molar-refractivity contribution is 6.03. The highest BCUT2D eigenvalue weighted by Crippen LogP contribution is 2.20. The molecule has 4 N–H and O–H groups in total. The Kier molecular flexibility index (Phi) is 2.97. The molecule has 0 amide bonds. The summed E-state index contributed by atoms with van der Waals surface area (Å²) < 4.78 is 0. The Morgan fingerprint density at radius 1 is 1.47 bits per heavy atom. The number of hydrogen-bond donors (Lipinski definition) is 3.